The zero-order valence-electron chi connectivity index (χ0n) is 11.6. The van der Waals surface area contributed by atoms with Crippen LogP contribution >= 0.6 is 0 Å². The lowest BCUT2D eigenvalue weighted by molar-refractivity contribution is 0.584. The van der Waals surface area contributed by atoms with Gasteiger partial charge in [0, 0.05) is 7.05 Å². The maximum atomic E-state index is 9.47. The van der Waals surface area contributed by atoms with Gasteiger partial charge in [-0.25, -0.2) is 4.98 Å². The molecule has 0 saturated heterocycles. The Labute approximate surface area is 118 Å². The third-order valence-electron chi connectivity index (χ3n) is 3.86. The number of fused-ring (bicyclic) bond motifs is 1. The topological polar surface area (TPSA) is 41.6 Å². The van der Waals surface area contributed by atoms with Gasteiger partial charge in [-0.15, -0.1) is 0 Å². The van der Waals surface area contributed by atoms with E-state index in [1.807, 2.05) is 35.9 Å². The molecule has 2 aromatic rings. The Hall–Kier alpha value is -2.34. The number of nitriles is 1. The lowest BCUT2D eigenvalue weighted by Gasteiger charge is -2.13. The molecule has 0 fully saturated rings. The molecule has 0 saturated carbocycles. The van der Waals surface area contributed by atoms with Gasteiger partial charge in [0.1, 0.15) is 6.07 Å². The molecule has 1 aromatic heterocycles. The summed E-state index contributed by atoms with van der Waals surface area (Å²) in [7, 11) is 1.97. The number of para-hydroxylation sites is 2. The predicted molar refractivity (Wildman–Crippen MR) is 80.8 cm³/mol. The highest BCUT2D eigenvalue weighted by atomic mass is 15.1. The van der Waals surface area contributed by atoms with Crippen LogP contribution in [0, 0.1) is 17.2 Å². The third-order valence-corrected chi connectivity index (χ3v) is 3.86. The fourth-order valence-electron chi connectivity index (χ4n) is 2.75. The summed E-state index contributed by atoms with van der Waals surface area (Å²) in [6.07, 6.45) is 9.74. The third kappa shape index (κ3) is 2.25. The summed E-state index contributed by atoms with van der Waals surface area (Å²) in [5, 5.41) is 9.47. The molecule has 100 valence electrons. The van der Waals surface area contributed by atoms with Gasteiger partial charge in [0.05, 0.1) is 16.6 Å². The Balaban J connectivity index is 2.03. The van der Waals surface area contributed by atoms with Crippen LogP contribution in [0.5, 0.6) is 0 Å². The van der Waals surface area contributed by atoms with Crippen molar-refractivity contribution in [2.75, 3.05) is 0 Å². The Bertz CT molecular complexity index is 728. The molecule has 1 atom stereocenters. The molecule has 0 spiro atoms. The summed E-state index contributed by atoms with van der Waals surface area (Å²) in [6, 6.07) is 10.3. The zero-order chi connectivity index (χ0) is 13.9. The van der Waals surface area contributed by atoms with Gasteiger partial charge in [-0.2, -0.15) is 5.26 Å². The first-order valence-electron chi connectivity index (χ1n) is 6.98. The van der Waals surface area contributed by atoms with E-state index >= 15 is 0 Å². The summed E-state index contributed by atoms with van der Waals surface area (Å²) in [6.45, 7) is 0. The lowest BCUT2D eigenvalue weighted by atomic mass is 9.92. The Morgan fingerprint density at radius 1 is 1.40 bits per heavy atom. The molecular weight excluding hydrogens is 246 g/mol. The number of hydrogen-bond acceptors (Lipinski definition) is 2. The summed E-state index contributed by atoms with van der Waals surface area (Å²) in [5.74, 6) is 1.22. The number of rotatable bonds is 2. The lowest BCUT2D eigenvalue weighted by Crippen LogP contribution is -2.02. The number of aromatic nitrogens is 2. The highest BCUT2D eigenvalue weighted by Gasteiger charge is 2.14. The summed E-state index contributed by atoms with van der Waals surface area (Å²) in [5.41, 5.74) is 2.69. The van der Waals surface area contributed by atoms with E-state index < -0.39 is 0 Å². The number of benzene rings is 1. The standard InChI is InChI=1S/C17H17N3/c1-20-16-10-6-5-9-15(16)19-17(20)14(12-18)11-13-7-3-2-4-8-13/h2-3,5-6,9-11,13H,4,7-8H2,1H3. The van der Waals surface area contributed by atoms with Crippen molar-refractivity contribution in [3.05, 3.63) is 48.3 Å². The van der Waals surface area contributed by atoms with Gasteiger partial charge < -0.3 is 4.57 Å². The average Bonchev–Trinajstić information content (AvgIpc) is 2.83. The molecule has 3 nitrogen and oxygen atoms in total. The van der Waals surface area contributed by atoms with Crippen molar-refractivity contribution in [3.63, 3.8) is 0 Å². The fourth-order valence-corrected chi connectivity index (χ4v) is 2.75. The smallest absolute Gasteiger partial charge is 0.151 e. The van der Waals surface area contributed by atoms with Crippen molar-refractivity contribution in [2.24, 2.45) is 13.0 Å². The number of allylic oxidation sites excluding steroid dienone is 4. The van der Waals surface area contributed by atoms with Crippen molar-refractivity contribution in [2.45, 2.75) is 19.3 Å². The Morgan fingerprint density at radius 3 is 2.95 bits per heavy atom. The van der Waals surface area contributed by atoms with Crippen LogP contribution in [0.1, 0.15) is 25.1 Å². The van der Waals surface area contributed by atoms with Gasteiger partial charge in [-0.3, -0.25) is 0 Å². The van der Waals surface area contributed by atoms with Crippen LogP contribution in [-0.4, -0.2) is 9.55 Å². The second-order valence-corrected chi connectivity index (χ2v) is 5.22. The zero-order valence-corrected chi connectivity index (χ0v) is 11.6. The van der Waals surface area contributed by atoms with Gasteiger partial charge in [-0.1, -0.05) is 30.4 Å². The first kappa shape index (κ1) is 12.7. The summed E-state index contributed by atoms with van der Waals surface area (Å²) in [4.78, 5) is 4.60. The van der Waals surface area contributed by atoms with Crippen molar-refractivity contribution in [1.82, 2.24) is 9.55 Å². The normalized spacial score (nSPS) is 19.2. The molecule has 1 aliphatic carbocycles. The molecule has 1 unspecified atom stereocenters. The molecule has 3 rings (SSSR count). The number of hydrogen-bond donors (Lipinski definition) is 0. The first-order chi connectivity index (χ1) is 9.79. The number of aryl methyl sites for hydroxylation is 1. The second kappa shape index (κ2) is 5.34. The predicted octanol–water partition coefficient (Wildman–Crippen LogP) is 3.84. The van der Waals surface area contributed by atoms with Crippen molar-refractivity contribution >= 4 is 16.6 Å². The molecule has 0 radical (unpaired) electrons. The molecule has 0 bridgehead atoms. The minimum atomic E-state index is 0.453. The second-order valence-electron chi connectivity index (χ2n) is 5.22. The van der Waals surface area contributed by atoms with Gasteiger partial charge >= 0.3 is 0 Å². The van der Waals surface area contributed by atoms with Gasteiger partial charge in [-0.05, 0) is 37.3 Å². The Kier molecular flexibility index (Phi) is 3.39. The van der Waals surface area contributed by atoms with Crippen molar-refractivity contribution in [3.8, 4) is 6.07 Å². The quantitative estimate of drug-likeness (QED) is 0.610. The van der Waals surface area contributed by atoms with Crippen molar-refractivity contribution in [1.29, 1.82) is 5.26 Å². The molecule has 0 aliphatic heterocycles. The van der Waals surface area contributed by atoms with E-state index in [0.29, 0.717) is 11.5 Å². The molecule has 1 heterocycles. The molecular formula is C17H17N3. The van der Waals surface area contributed by atoms with Crippen LogP contribution in [-0.2, 0) is 7.05 Å². The van der Waals surface area contributed by atoms with Crippen LogP contribution < -0.4 is 0 Å². The maximum absolute atomic E-state index is 9.47. The molecule has 20 heavy (non-hydrogen) atoms. The van der Waals surface area contributed by atoms with Crippen LogP contribution in [0.25, 0.3) is 16.6 Å². The van der Waals surface area contributed by atoms with Crippen LogP contribution in [0.3, 0.4) is 0 Å². The molecule has 1 aromatic carbocycles. The minimum absolute atomic E-state index is 0.453. The molecule has 0 amide bonds. The van der Waals surface area contributed by atoms with Gasteiger partial charge in [0.15, 0.2) is 5.82 Å². The van der Waals surface area contributed by atoms with Crippen LogP contribution in [0.15, 0.2) is 42.5 Å². The van der Waals surface area contributed by atoms with E-state index in [2.05, 4.69) is 29.3 Å². The molecule has 3 heteroatoms. The average molecular weight is 263 g/mol. The van der Waals surface area contributed by atoms with E-state index in [9.17, 15) is 5.26 Å². The SMILES string of the molecule is Cn1c(C(C#N)=CC2CC=CCC2)nc2ccccc21. The van der Waals surface area contributed by atoms with E-state index in [-0.39, 0.29) is 0 Å². The summed E-state index contributed by atoms with van der Waals surface area (Å²) >= 11 is 0. The van der Waals surface area contributed by atoms with E-state index in [4.69, 9.17) is 0 Å². The Morgan fingerprint density at radius 2 is 2.25 bits per heavy atom. The highest BCUT2D eigenvalue weighted by Crippen LogP contribution is 2.25. The highest BCUT2D eigenvalue weighted by molar-refractivity contribution is 5.83. The van der Waals surface area contributed by atoms with Gasteiger partial charge in [0.25, 0.3) is 0 Å². The molecule has 0 N–H and O–H groups in total. The number of nitrogens with zero attached hydrogens (tertiary/aromatic N) is 3. The minimum Gasteiger partial charge on any atom is -0.327 e. The van der Waals surface area contributed by atoms with Crippen LogP contribution in [0.2, 0.25) is 0 Å². The maximum Gasteiger partial charge on any atom is 0.151 e. The van der Waals surface area contributed by atoms with Gasteiger partial charge in [0.2, 0.25) is 0 Å². The number of imidazole rings is 1. The van der Waals surface area contributed by atoms with E-state index in [0.717, 1.165) is 36.1 Å². The summed E-state index contributed by atoms with van der Waals surface area (Å²) < 4.78 is 2.00. The van der Waals surface area contributed by atoms with Crippen molar-refractivity contribution < 1.29 is 0 Å². The first-order valence-corrected chi connectivity index (χ1v) is 6.98. The fraction of sp³-hybridized carbons (Fsp3) is 0.294. The van der Waals surface area contributed by atoms with E-state index in [1.165, 1.54) is 0 Å². The van der Waals surface area contributed by atoms with Crippen LogP contribution in [0.4, 0.5) is 0 Å². The van der Waals surface area contributed by atoms with E-state index in [1.54, 1.807) is 0 Å². The largest absolute Gasteiger partial charge is 0.327 e. The monoisotopic (exact) mass is 263 g/mol. The molecule has 1 aliphatic rings.